The van der Waals surface area contributed by atoms with E-state index in [0.717, 1.165) is 16.6 Å². The van der Waals surface area contributed by atoms with E-state index in [1.54, 1.807) is 21.3 Å². The summed E-state index contributed by atoms with van der Waals surface area (Å²) in [4.78, 5) is 7.91. The zero-order valence-corrected chi connectivity index (χ0v) is 13.5. The van der Waals surface area contributed by atoms with Gasteiger partial charge in [-0.15, -0.1) is 0 Å². The summed E-state index contributed by atoms with van der Waals surface area (Å²) in [6.07, 6.45) is 0. The van der Waals surface area contributed by atoms with E-state index in [1.807, 2.05) is 24.3 Å². The van der Waals surface area contributed by atoms with Gasteiger partial charge in [-0.1, -0.05) is 0 Å². The molecule has 0 saturated carbocycles. The summed E-state index contributed by atoms with van der Waals surface area (Å²) in [6, 6.07) is 7.43. The third-order valence-corrected chi connectivity index (χ3v) is 3.91. The van der Waals surface area contributed by atoms with Gasteiger partial charge in [0.25, 0.3) is 0 Å². The SMILES string of the molecule is COc1cc(-c2nc3cc4c(cc3[nH]2)OCO4)cc(OC)c1OC. The van der Waals surface area contributed by atoms with Crippen molar-refractivity contribution in [3.05, 3.63) is 24.3 Å². The number of rotatable bonds is 4. The van der Waals surface area contributed by atoms with Crippen LogP contribution in [0.4, 0.5) is 0 Å². The lowest BCUT2D eigenvalue weighted by Gasteiger charge is -2.13. The van der Waals surface area contributed by atoms with Crippen LogP contribution in [0.15, 0.2) is 24.3 Å². The number of ether oxygens (including phenoxy) is 5. The molecule has 0 unspecified atom stereocenters. The van der Waals surface area contributed by atoms with Crippen molar-refractivity contribution in [3.8, 4) is 40.1 Å². The lowest BCUT2D eigenvalue weighted by molar-refractivity contribution is 0.174. The highest BCUT2D eigenvalue weighted by Crippen LogP contribution is 2.41. The van der Waals surface area contributed by atoms with Crippen molar-refractivity contribution in [2.24, 2.45) is 0 Å². The molecule has 1 aliphatic heterocycles. The van der Waals surface area contributed by atoms with Crippen molar-refractivity contribution in [2.45, 2.75) is 0 Å². The molecule has 124 valence electrons. The molecule has 7 heteroatoms. The predicted molar refractivity (Wildman–Crippen MR) is 87.3 cm³/mol. The Kier molecular flexibility index (Phi) is 3.34. The van der Waals surface area contributed by atoms with E-state index in [0.29, 0.717) is 34.6 Å². The number of aromatic amines is 1. The number of hydrogen-bond acceptors (Lipinski definition) is 6. The first-order valence-corrected chi connectivity index (χ1v) is 7.33. The minimum absolute atomic E-state index is 0.238. The quantitative estimate of drug-likeness (QED) is 0.793. The van der Waals surface area contributed by atoms with E-state index in [-0.39, 0.29) is 6.79 Å². The van der Waals surface area contributed by atoms with Gasteiger partial charge in [-0.2, -0.15) is 0 Å². The Morgan fingerprint density at radius 2 is 1.58 bits per heavy atom. The maximum absolute atomic E-state index is 5.40. The van der Waals surface area contributed by atoms with Crippen LogP contribution in [-0.4, -0.2) is 38.1 Å². The van der Waals surface area contributed by atoms with Crippen LogP contribution in [-0.2, 0) is 0 Å². The van der Waals surface area contributed by atoms with Crippen LogP contribution < -0.4 is 23.7 Å². The van der Waals surface area contributed by atoms with Gasteiger partial charge >= 0.3 is 0 Å². The summed E-state index contributed by atoms with van der Waals surface area (Å²) >= 11 is 0. The monoisotopic (exact) mass is 328 g/mol. The van der Waals surface area contributed by atoms with Crippen molar-refractivity contribution in [2.75, 3.05) is 28.1 Å². The first-order chi connectivity index (χ1) is 11.7. The fourth-order valence-electron chi connectivity index (χ4n) is 2.75. The average molecular weight is 328 g/mol. The number of imidazole rings is 1. The Morgan fingerprint density at radius 1 is 0.917 bits per heavy atom. The van der Waals surface area contributed by atoms with Crippen LogP contribution >= 0.6 is 0 Å². The standard InChI is InChI=1S/C17H16N2O5/c1-20-14-4-9(5-15(21-2)16(14)22-3)17-18-10-6-12-13(24-8-23-12)7-11(10)19-17/h4-7H,8H2,1-3H3,(H,18,19). The lowest BCUT2D eigenvalue weighted by atomic mass is 10.1. The molecule has 3 aromatic rings. The maximum atomic E-state index is 5.40. The van der Waals surface area contributed by atoms with Gasteiger partial charge in [-0.05, 0) is 12.1 Å². The highest BCUT2D eigenvalue weighted by Gasteiger charge is 2.19. The number of H-pyrrole nitrogens is 1. The Hall–Kier alpha value is -3.09. The van der Waals surface area contributed by atoms with E-state index in [1.165, 1.54) is 0 Å². The second kappa shape index (κ2) is 5.52. The van der Waals surface area contributed by atoms with E-state index in [4.69, 9.17) is 23.7 Å². The van der Waals surface area contributed by atoms with Gasteiger partial charge in [0.1, 0.15) is 5.82 Å². The summed E-state index contributed by atoms with van der Waals surface area (Å²) in [7, 11) is 4.74. The summed E-state index contributed by atoms with van der Waals surface area (Å²) in [5.41, 5.74) is 2.48. The molecule has 0 bridgehead atoms. The molecule has 0 aliphatic carbocycles. The molecule has 0 spiro atoms. The van der Waals surface area contributed by atoms with Gasteiger partial charge in [0.05, 0.1) is 32.4 Å². The first kappa shape index (κ1) is 14.5. The van der Waals surface area contributed by atoms with Crippen LogP contribution in [0, 0.1) is 0 Å². The number of hydrogen-bond donors (Lipinski definition) is 1. The Bertz CT molecular complexity index is 853. The van der Waals surface area contributed by atoms with E-state index in [2.05, 4.69) is 9.97 Å². The molecule has 1 aromatic heterocycles. The zero-order valence-electron chi connectivity index (χ0n) is 13.5. The molecule has 0 amide bonds. The Morgan fingerprint density at radius 3 is 2.21 bits per heavy atom. The van der Waals surface area contributed by atoms with Gasteiger partial charge in [0.15, 0.2) is 23.0 Å². The highest BCUT2D eigenvalue weighted by atomic mass is 16.7. The molecule has 1 N–H and O–H groups in total. The Labute approximate surface area is 138 Å². The van der Waals surface area contributed by atoms with Gasteiger partial charge < -0.3 is 28.7 Å². The van der Waals surface area contributed by atoms with Crippen LogP contribution in [0.2, 0.25) is 0 Å². The average Bonchev–Trinajstić information content (AvgIpc) is 3.23. The molecule has 2 heterocycles. The second-order valence-corrected chi connectivity index (χ2v) is 5.22. The third-order valence-electron chi connectivity index (χ3n) is 3.91. The maximum Gasteiger partial charge on any atom is 0.231 e. The van der Waals surface area contributed by atoms with Crippen LogP contribution in [0.3, 0.4) is 0 Å². The molecule has 0 radical (unpaired) electrons. The largest absolute Gasteiger partial charge is 0.493 e. The number of benzene rings is 2. The molecule has 0 fully saturated rings. The van der Waals surface area contributed by atoms with Crippen molar-refractivity contribution < 1.29 is 23.7 Å². The molecule has 1 aliphatic rings. The van der Waals surface area contributed by atoms with Gasteiger partial charge in [-0.25, -0.2) is 4.98 Å². The highest BCUT2D eigenvalue weighted by molar-refractivity contribution is 5.84. The number of methoxy groups -OCH3 is 3. The smallest absolute Gasteiger partial charge is 0.231 e. The number of aromatic nitrogens is 2. The number of fused-ring (bicyclic) bond motifs is 2. The molecule has 0 atom stereocenters. The number of nitrogens with zero attached hydrogens (tertiary/aromatic N) is 1. The molecule has 4 rings (SSSR count). The summed E-state index contributed by atoms with van der Waals surface area (Å²) in [5.74, 6) is 3.78. The molecule has 7 nitrogen and oxygen atoms in total. The van der Waals surface area contributed by atoms with Crippen molar-refractivity contribution in [1.29, 1.82) is 0 Å². The van der Waals surface area contributed by atoms with E-state index in [9.17, 15) is 0 Å². The van der Waals surface area contributed by atoms with Gasteiger partial charge in [0.2, 0.25) is 12.5 Å². The third kappa shape index (κ3) is 2.17. The summed E-state index contributed by atoms with van der Waals surface area (Å²) < 4.78 is 26.9. The van der Waals surface area contributed by atoms with E-state index >= 15 is 0 Å². The molecule has 0 saturated heterocycles. The van der Waals surface area contributed by atoms with Crippen LogP contribution in [0.1, 0.15) is 0 Å². The second-order valence-electron chi connectivity index (χ2n) is 5.22. The number of nitrogens with one attached hydrogen (secondary N) is 1. The molecular weight excluding hydrogens is 312 g/mol. The van der Waals surface area contributed by atoms with Crippen molar-refractivity contribution >= 4 is 11.0 Å². The predicted octanol–water partition coefficient (Wildman–Crippen LogP) is 2.98. The minimum atomic E-state index is 0.238. The normalized spacial score (nSPS) is 12.5. The summed E-state index contributed by atoms with van der Waals surface area (Å²) in [6.45, 7) is 0.238. The molecular formula is C17H16N2O5. The van der Waals surface area contributed by atoms with Gasteiger partial charge in [-0.3, -0.25) is 0 Å². The van der Waals surface area contributed by atoms with Crippen molar-refractivity contribution in [1.82, 2.24) is 9.97 Å². The molecule has 2 aromatic carbocycles. The summed E-state index contributed by atoms with van der Waals surface area (Å²) in [5, 5.41) is 0. The molecule has 24 heavy (non-hydrogen) atoms. The van der Waals surface area contributed by atoms with Crippen molar-refractivity contribution in [3.63, 3.8) is 0 Å². The minimum Gasteiger partial charge on any atom is -0.493 e. The zero-order chi connectivity index (χ0) is 16.7. The first-order valence-electron chi connectivity index (χ1n) is 7.33. The topological polar surface area (TPSA) is 74.8 Å². The van der Waals surface area contributed by atoms with Crippen LogP contribution in [0.5, 0.6) is 28.7 Å². The van der Waals surface area contributed by atoms with Crippen LogP contribution in [0.25, 0.3) is 22.4 Å². The van der Waals surface area contributed by atoms with E-state index < -0.39 is 0 Å². The Balaban J connectivity index is 1.85. The lowest BCUT2D eigenvalue weighted by Crippen LogP contribution is -1.96. The van der Waals surface area contributed by atoms with Gasteiger partial charge in [0, 0.05) is 17.7 Å². The fraction of sp³-hybridized carbons (Fsp3) is 0.235. The fourth-order valence-corrected chi connectivity index (χ4v) is 2.75.